The molecule has 0 radical (unpaired) electrons. The van der Waals surface area contributed by atoms with Crippen molar-refractivity contribution in [3.63, 3.8) is 0 Å². The quantitative estimate of drug-likeness (QED) is 0.548. The molecular weight excluding hydrogens is 393 g/mol. The maximum Gasteiger partial charge on any atom is 0.494 e. The van der Waals surface area contributed by atoms with Gasteiger partial charge in [0.1, 0.15) is 0 Å². The minimum atomic E-state index is -1.17. The predicted molar refractivity (Wildman–Crippen MR) is 119 cm³/mol. The third-order valence-corrected chi connectivity index (χ3v) is 6.42. The van der Waals surface area contributed by atoms with Crippen LogP contribution < -0.4 is 5.46 Å². The van der Waals surface area contributed by atoms with Crippen molar-refractivity contribution in [1.82, 2.24) is 0 Å². The number of esters is 1. The standard InChI is InChI=1S/C24H28BNO5/c1-22(2)23(3,4)30-25(29-22)19-13-9-12-18(14-19)20-16-24(31-26-20,21(27)28-5)15-17-10-7-6-8-11-17/h6-14H,15-16H2,1-5H3. The Morgan fingerprint density at radius 2 is 1.71 bits per heavy atom. The van der Waals surface area contributed by atoms with Gasteiger partial charge in [0, 0.05) is 12.8 Å². The molecule has 0 amide bonds. The Hall–Kier alpha value is -2.64. The van der Waals surface area contributed by atoms with E-state index in [0.29, 0.717) is 18.6 Å². The lowest BCUT2D eigenvalue weighted by Crippen LogP contribution is -2.42. The molecule has 1 atom stereocenters. The average Bonchev–Trinajstić information content (AvgIpc) is 3.27. The minimum Gasteiger partial charge on any atom is -0.466 e. The smallest absolute Gasteiger partial charge is 0.466 e. The number of carbonyl (C=O) groups is 1. The van der Waals surface area contributed by atoms with Gasteiger partial charge >= 0.3 is 13.1 Å². The van der Waals surface area contributed by atoms with Crippen LogP contribution in [-0.4, -0.2) is 42.7 Å². The number of ether oxygens (including phenoxy) is 1. The van der Waals surface area contributed by atoms with Crippen LogP contribution in [-0.2, 0) is 30.1 Å². The van der Waals surface area contributed by atoms with E-state index in [0.717, 1.165) is 16.6 Å². The zero-order chi connectivity index (χ0) is 22.3. The van der Waals surface area contributed by atoms with E-state index in [1.807, 2.05) is 82.3 Å². The van der Waals surface area contributed by atoms with Gasteiger partial charge in [-0.3, -0.25) is 0 Å². The lowest BCUT2D eigenvalue weighted by Gasteiger charge is -2.32. The van der Waals surface area contributed by atoms with Crippen LogP contribution in [0.3, 0.4) is 0 Å². The third-order valence-electron chi connectivity index (χ3n) is 6.42. The SMILES string of the molecule is COC(=O)C1(Cc2ccccc2)CC(c2cccc(B3OC(C)(C)C(C)(C)O3)c2)=NO1. The van der Waals surface area contributed by atoms with Gasteiger partial charge in [-0.15, -0.1) is 0 Å². The van der Waals surface area contributed by atoms with Gasteiger partial charge in [-0.25, -0.2) is 4.79 Å². The normalized spacial score (nSPS) is 23.9. The Labute approximate surface area is 183 Å². The molecule has 2 aliphatic heterocycles. The summed E-state index contributed by atoms with van der Waals surface area (Å²) in [5.74, 6) is -0.433. The summed E-state index contributed by atoms with van der Waals surface area (Å²) in [7, 11) is 0.901. The highest BCUT2D eigenvalue weighted by Crippen LogP contribution is 2.37. The van der Waals surface area contributed by atoms with Crippen LogP contribution in [0.25, 0.3) is 0 Å². The summed E-state index contributed by atoms with van der Waals surface area (Å²) in [5, 5.41) is 4.28. The van der Waals surface area contributed by atoms with Crippen molar-refractivity contribution < 1.29 is 23.7 Å². The molecule has 0 N–H and O–H groups in total. The fourth-order valence-corrected chi connectivity index (χ4v) is 3.86. The van der Waals surface area contributed by atoms with Crippen LogP contribution in [0.5, 0.6) is 0 Å². The second kappa shape index (κ2) is 7.81. The van der Waals surface area contributed by atoms with E-state index >= 15 is 0 Å². The van der Waals surface area contributed by atoms with E-state index in [4.69, 9.17) is 18.9 Å². The summed E-state index contributed by atoms with van der Waals surface area (Å²) in [6.45, 7) is 8.11. The molecule has 2 aromatic rings. The molecule has 2 heterocycles. The monoisotopic (exact) mass is 421 g/mol. The summed E-state index contributed by atoms with van der Waals surface area (Å²) in [4.78, 5) is 18.4. The van der Waals surface area contributed by atoms with Gasteiger partial charge in [0.15, 0.2) is 0 Å². The van der Waals surface area contributed by atoms with Crippen molar-refractivity contribution in [2.75, 3.05) is 7.11 Å². The maximum atomic E-state index is 12.7. The fourth-order valence-electron chi connectivity index (χ4n) is 3.86. The molecule has 2 aromatic carbocycles. The number of rotatable bonds is 5. The maximum absolute atomic E-state index is 12.7. The molecule has 1 saturated heterocycles. The van der Waals surface area contributed by atoms with Crippen molar-refractivity contribution in [3.05, 3.63) is 65.7 Å². The van der Waals surface area contributed by atoms with Gasteiger partial charge in [-0.05, 0) is 44.3 Å². The number of carbonyl (C=O) groups excluding carboxylic acids is 1. The van der Waals surface area contributed by atoms with Crippen molar-refractivity contribution in [1.29, 1.82) is 0 Å². The van der Waals surface area contributed by atoms with Gasteiger partial charge in [0.2, 0.25) is 5.60 Å². The first-order valence-corrected chi connectivity index (χ1v) is 10.5. The number of oxime groups is 1. The highest BCUT2D eigenvalue weighted by molar-refractivity contribution is 6.62. The van der Waals surface area contributed by atoms with E-state index in [1.54, 1.807) is 0 Å². The largest absolute Gasteiger partial charge is 0.494 e. The molecule has 0 aliphatic carbocycles. The molecule has 31 heavy (non-hydrogen) atoms. The number of methoxy groups -OCH3 is 1. The van der Waals surface area contributed by atoms with Crippen LogP contribution >= 0.6 is 0 Å². The molecule has 0 spiro atoms. The molecule has 7 heteroatoms. The van der Waals surface area contributed by atoms with Crippen LogP contribution in [0, 0.1) is 0 Å². The zero-order valence-corrected chi connectivity index (χ0v) is 18.7. The van der Waals surface area contributed by atoms with Gasteiger partial charge < -0.3 is 18.9 Å². The third kappa shape index (κ3) is 4.00. The Bertz CT molecular complexity index is 988. The molecule has 0 bridgehead atoms. The Kier molecular flexibility index (Phi) is 5.44. The highest BCUT2D eigenvalue weighted by atomic mass is 16.7. The second-order valence-corrected chi connectivity index (χ2v) is 9.17. The number of hydrogen-bond donors (Lipinski definition) is 0. The summed E-state index contributed by atoms with van der Waals surface area (Å²) in [6.07, 6.45) is 0.700. The second-order valence-electron chi connectivity index (χ2n) is 9.17. The van der Waals surface area contributed by atoms with Crippen molar-refractivity contribution in [2.24, 2.45) is 5.16 Å². The summed E-state index contributed by atoms with van der Waals surface area (Å²) in [5.41, 5.74) is 1.43. The van der Waals surface area contributed by atoms with Crippen LogP contribution in [0.2, 0.25) is 0 Å². The molecule has 0 aromatic heterocycles. The van der Waals surface area contributed by atoms with Crippen molar-refractivity contribution in [2.45, 2.75) is 57.3 Å². The van der Waals surface area contributed by atoms with Crippen LogP contribution in [0.1, 0.15) is 45.2 Å². The van der Waals surface area contributed by atoms with E-state index in [2.05, 4.69) is 5.16 Å². The first kappa shape index (κ1) is 21.6. The summed E-state index contributed by atoms with van der Waals surface area (Å²) >= 11 is 0. The van der Waals surface area contributed by atoms with Gasteiger partial charge in [0.25, 0.3) is 0 Å². The predicted octanol–water partition coefficient (Wildman–Crippen LogP) is 3.26. The Morgan fingerprint density at radius 1 is 1.03 bits per heavy atom. The lowest BCUT2D eigenvalue weighted by molar-refractivity contribution is -0.166. The molecule has 6 nitrogen and oxygen atoms in total. The van der Waals surface area contributed by atoms with Gasteiger partial charge in [-0.1, -0.05) is 59.8 Å². The van der Waals surface area contributed by atoms with E-state index in [9.17, 15) is 4.79 Å². The first-order chi connectivity index (χ1) is 14.7. The fraction of sp³-hybridized carbons (Fsp3) is 0.417. The Balaban J connectivity index is 1.57. The summed E-state index contributed by atoms with van der Waals surface area (Å²) in [6, 6.07) is 17.6. The molecule has 4 rings (SSSR count). The number of benzene rings is 2. The highest BCUT2D eigenvalue weighted by Gasteiger charge is 2.52. The van der Waals surface area contributed by atoms with Crippen LogP contribution in [0.15, 0.2) is 59.8 Å². The van der Waals surface area contributed by atoms with E-state index < -0.39 is 29.9 Å². The number of hydrogen-bond acceptors (Lipinski definition) is 6. The molecular formula is C24H28BNO5. The summed E-state index contributed by atoms with van der Waals surface area (Å²) < 4.78 is 17.4. The molecule has 1 fully saturated rings. The lowest BCUT2D eigenvalue weighted by atomic mass is 9.77. The molecule has 0 saturated carbocycles. The topological polar surface area (TPSA) is 66.4 Å². The van der Waals surface area contributed by atoms with Crippen molar-refractivity contribution >= 4 is 24.3 Å². The molecule has 2 aliphatic rings. The van der Waals surface area contributed by atoms with Crippen molar-refractivity contribution in [3.8, 4) is 0 Å². The van der Waals surface area contributed by atoms with Crippen LogP contribution in [0.4, 0.5) is 0 Å². The number of nitrogens with zero attached hydrogens (tertiary/aromatic N) is 1. The zero-order valence-electron chi connectivity index (χ0n) is 18.7. The van der Waals surface area contributed by atoms with Gasteiger partial charge in [-0.2, -0.15) is 0 Å². The minimum absolute atomic E-state index is 0.321. The van der Waals surface area contributed by atoms with E-state index in [1.165, 1.54) is 7.11 Å². The van der Waals surface area contributed by atoms with Gasteiger partial charge in [0.05, 0.1) is 24.0 Å². The Morgan fingerprint density at radius 3 is 2.35 bits per heavy atom. The first-order valence-electron chi connectivity index (χ1n) is 10.5. The molecule has 1 unspecified atom stereocenters. The van der Waals surface area contributed by atoms with E-state index in [-0.39, 0.29) is 0 Å². The average molecular weight is 421 g/mol. The molecule has 162 valence electrons.